The topological polar surface area (TPSA) is 29.5 Å². The lowest BCUT2D eigenvalue weighted by molar-refractivity contribution is -0.126. The lowest BCUT2D eigenvalue weighted by Crippen LogP contribution is -2.28. The van der Waals surface area contributed by atoms with Crippen LogP contribution in [0.5, 0.6) is 5.75 Å². The number of amides is 1. The third-order valence-electron chi connectivity index (χ3n) is 4.23. The van der Waals surface area contributed by atoms with E-state index >= 15 is 0 Å². The van der Waals surface area contributed by atoms with Crippen molar-refractivity contribution in [3.8, 4) is 5.75 Å². The van der Waals surface area contributed by atoms with Crippen LogP contribution >= 0.6 is 0 Å². The molecule has 1 saturated heterocycles. The average molecular weight is 307 g/mol. The van der Waals surface area contributed by atoms with E-state index in [0.29, 0.717) is 0 Å². The summed E-state index contributed by atoms with van der Waals surface area (Å²) in [6.45, 7) is 0.820. The van der Waals surface area contributed by atoms with E-state index in [2.05, 4.69) is 12.1 Å². The summed E-state index contributed by atoms with van der Waals surface area (Å²) in [4.78, 5) is 14.5. The van der Waals surface area contributed by atoms with Crippen LogP contribution in [0.3, 0.4) is 0 Å². The number of hydrogen-bond acceptors (Lipinski definition) is 2. The summed E-state index contributed by atoms with van der Waals surface area (Å²) in [5.74, 6) is 0.863. The van der Waals surface area contributed by atoms with Gasteiger partial charge in [-0.2, -0.15) is 0 Å². The number of carbonyl (C=O) groups is 1. The van der Waals surface area contributed by atoms with Gasteiger partial charge in [-0.25, -0.2) is 0 Å². The highest BCUT2D eigenvalue weighted by Gasteiger charge is 2.28. The predicted molar refractivity (Wildman–Crippen MR) is 92.2 cm³/mol. The molecule has 0 N–H and O–H groups in total. The predicted octanol–water partition coefficient (Wildman–Crippen LogP) is 4.07. The second kappa shape index (κ2) is 7.14. The van der Waals surface area contributed by atoms with E-state index in [1.54, 1.807) is 13.2 Å². The second-order valence-electron chi connectivity index (χ2n) is 5.71. The molecule has 1 amide bonds. The zero-order chi connectivity index (χ0) is 16.1. The van der Waals surface area contributed by atoms with Gasteiger partial charge in [0.15, 0.2) is 0 Å². The Hall–Kier alpha value is -2.55. The summed E-state index contributed by atoms with van der Waals surface area (Å²) >= 11 is 0. The standard InChI is InChI=1S/C20H21NO2/c1-23-18-10-5-7-16(15-18)12-13-20(22)21-14-6-11-19(21)17-8-3-2-4-9-17/h2-5,7-10,12-13,15,19H,6,11,14H2,1H3/b13-12+. The van der Waals surface area contributed by atoms with E-state index in [1.165, 1.54) is 5.56 Å². The Morgan fingerprint density at radius 2 is 2.00 bits per heavy atom. The maximum absolute atomic E-state index is 12.6. The number of likely N-dealkylation sites (tertiary alicyclic amines) is 1. The number of rotatable bonds is 4. The molecule has 3 rings (SSSR count). The van der Waals surface area contributed by atoms with Crippen molar-refractivity contribution in [1.82, 2.24) is 4.90 Å². The maximum Gasteiger partial charge on any atom is 0.247 e. The minimum atomic E-state index is 0.0687. The largest absolute Gasteiger partial charge is 0.497 e. The number of carbonyl (C=O) groups excluding carboxylic acids is 1. The molecule has 1 heterocycles. The minimum absolute atomic E-state index is 0.0687. The number of benzene rings is 2. The van der Waals surface area contributed by atoms with Gasteiger partial charge in [0.05, 0.1) is 13.2 Å². The van der Waals surface area contributed by atoms with Gasteiger partial charge in [0.1, 0.15) is 5.75 Å². The van der Waals surface area contributed by atoms with Gasteiger partial charge in [-0.15, -0.1) is 0 Å². The highest BCUT2D eigenvalue weighted by Crippen LogP contribution is 2.31. The Balaban J connectivity index is 1.73. The molecule has 3 nitrogen and oxygen atoms in total. The Bertz CT molecular complexity index is 694. The van der Waals surface area contributed by atoms with Gasteiger partial charge in [0.25, 0.3) is 0 Å². The first-order valence-electron chi connectivity index (χ1n) is 7.95. The summed E-state index contributed by atoms with van der Waals surface area (Å²) in [7, 11) is 1.64. The quantitative estimate of drug-likeness (QED) is 0.797. The zero-order valence-electron chi connectivity index (χ0n) is 13.3. The number of ether oxygens (including phenoxy) is 1. The molecule has 3 heteroatoms. The lowest BCUT2D eigenvalue weighted by Gasteiger charge is -2.23. The van der Waals surface area contributed by atoms with Crippen LogP contribution in [0.2, 0.25) is 0 Å². The van der Waals surface area contributed by atoms with Crippen molar-refractivity contribution in [3.05, 3.63) is 71.8 Å². The minimum Gasteiger partial charge on any atom is -0.497 e. The summed E-state index contributed by atoms with van der Waals surface area (Å²) in [5, 5.41) is 0. The maximum atomic E-state index is 12.6. The Labute approximate surface area is 137 Å². The Morgan fingerprint density at radius 3 is 2.78 bits per heavy atom. The van der Waals surface area contributed by atoms with Gasteiger partial charge in [0.2, 0.25) is 5.91 Å². The summed E-state index contributed by atoms with van der Waals surface area (Å²) < 4.78 is 5.21. The molecule has 0 saturated carbocycles. The van der Waals surface area contributed by atoms with Gasteiger partial charge in [-0.05, 0) is 42.2 Å². The molecule has 2 aromatic carbocycles. The molecule has 118 valence electrons. The van der Waals surface area contributed by atoms with Crippen LogP contribution in [-0.2, 0) is 4.79 Å². The van der Waals surface area contributed by atoms with Crippen molar-refractivity contribution in [2.24, 2.45) is 0 Å². The summed E-state index contributed by atoms with van der Waals surface area (Å²) in [5.41, 5.74) is 2.18. The van der Waals surface area contributed by atoms with Crippen LogP contribution in [0.1, 0.15) is 30.0 Å². The lowest BCUT2D eigenvalue weighted by atomic mass is 10.0. The molecule has 2 aromatic rings. The number of nitrogens with zero attached hydrogens (tertiary/aromatic N) is 1. The van der Waals surface area contributed by atoms with Crippen LogP contribution in [0, 0.1) is 0 Å². The highest BCUT2D eigenvalue weighted by atomic mass is 16.5. The van der Waals surface area contributed by atoms with Crippen LogP contribution < -0.4 is 4.74 Å². The molecule has 1 unspecified atom stereocenters. The van der Waals surface area contributed by atoms with E-state index < -0.39 is 0 Å². The summed E-state index contributed by atoms with van der Waals surface area (Å²) in [6, 6.07) is 18.2. The molecule has 1 aliphatic heterocycles. The van der Waals surface area contributed by atoms with E-state index in [9.17, 15) is 4.79 Å². The molecular formula is C20H21NO2. The van der Waals surface area contributed by atoms with E-state index in [0.717, 1.165) is 30.7 Å². The van der Waals surface area contributed by atoms with Crippen molar-refractivity contribution in [3.63, 3.8) is 0 Å². The molecule has 0 bridgehead atoms. The number of methoxy groups -OCH3 is 1. The van der Waals surface area contributed by atoms with Crippen molar-refractivity contribution < 1.29 is 9.53 Å². The first-order chi connectivity index (χ1) is 11.3. The molecule has 0 spiro atoms. The van der Waals surface area contributed by atoms with Crippen LogP contribution in [-0.4, -0.2) is 24.5 Å². The monoisotopic (exact) mass is 307 g/mol. The Morgan fingerprint density at radius 1 is 1.17 bits per heavy atom. The summed E-state index contributed by atoms with van der Waals surface area (Å²) in [6.07, 6.45) is 5.60. The van der Waals surface area contributed by atoms with Gasteiger partial charge in [0, 0.05) is 12.6 Å². The molecule has 0 aliphatic carbocycles. The first kappa shape index (κ1) is 15.3. The fraction of sp³-hybridized carbons (Fsp3) is 0.250. The van der Waals surface area contributed by atoms with Crippen LogP contribution in [0.25, 0.3) is 6.08 Å². The second-order valence-corrected chi connectivity index (χ2v) is 5.71. The van der Waals surface area contributed by atoms with Crippen molar-refractivity contribution in [2.45, 2.75) is 18.9 Å². The third-order valence-corrected chi connectivity index (χ3v) is 4.23. The van der Waals surface area contributed by atoms with Crippen molar-refractivity contribution in [1.29, 1.82) is 0 Å². The molecule has 1 aliphatic rings. The Kier molecular flexibility index (Phi) is 4.77. The van der Waals surface area contributed by atoms with E-state index in [1.807, 2.05) is 53.4 Å². The zero-order valence-corrected chi connectivity index (χ0v) is 13.3. The average Bonchev–Trinajstić information content (AvgIpc) is 3.10. The van der Waals surface area contributed by atoms with Gasteiger partial charge < -0.3 is 9.64 Å². The normalized spacial score (nSPS) is 17.6. The molecule has 23 heavy (non-hydrogen) atoms. The van der Waals surface area contributed by atoms with E-state index in [-0.39, 0.29) is 11.9 Å². The van der Waals surface area contributed by atoms with Crippen LogP contribution in [0.4, 0.5) is 0 Å². The molecule has 1 atom stereocenters. The van der Waals surface area contributed by atoms with E-state index in [4.69, 9.17) is 4.74 Å². The fourth-order valence-electron chi connectivity index (χ4n) is 3.06. The van der Waals surface area contributed by atoms with Gasteiger partial charge in [-0.1, -0.05) is 42.5 Å². The molecule has 0 aromatic heterocycles. The molecular weight excluding hydrogens is 286 g/mol. The van der Waals surface area contributed by atoms with Crippen LogP contribution in [0.15, 0.2) is 60.7 Å². The van der Waals surface area contributed by atoms with Gasteiger partial charge in [-0.3, -0.25) is 4.79 Å². The fourth-order valence-corrected chi connectivity index (χ4v) is 3.06. The van der Waals surface area contributed by atoms with Crippen molar-refractivity contribution >= 4 is 12.0 Å². The SMILES string of the molecule is COc1cccc(/C=C/C(=O)N2CCCC2c2ccccc2)c1. The number of hydrogen-bond donors (Lipinski definition) is 0. The van der Waals surface area contributed by atoms with Crippen molar-refractivity contribution in [2.75, 3.05) is 13.7 Å². The van der Waals surface area contributed by atoms with Gasteiger partial charge >= 0.3 is 0 Å². The first-order valence-corrected chi connectivity index (χ1v) is 7.95. The third kappa shape index (κ3) is 3.62. The highest BCUT2D eigenvalue weighted by molar-refractivity contribution is 5.92. The molecule has 1 fully saturated rings. The smallest absolute Gasteiger partial charge is 0.247 e. The molecule has 0 radical (unpaired) electrons.